The summed E-state index contributed by atoms with van der Waals surface area (Å²) < 4.78 is 0.883. The molecule has 1 aromatic carbocycles. The molecule has 3 aromatic rings. The number of nitrogens with one attached hydrogen (secondary N) is 2. The molecule has 2 atom stereocenters. The predicted octanol–water partition coefficient (Wildman–Crippen LogP) is 4.74. The van der Waals surface area contributed by atoms with Crippen molar-refractivity contribution in [2.24, 2.45) is 5.41 Å². The normalized spacial score (nSPS) is 14.6. The molecule has 3 N–H and O–H groups in total. The number of hydrogen-bond donors (Lipinski definition) is 3. The van der Waals surface area contributed by atoms with E-state index in [2.05, 4.69) is 53.9 Å². The van der Waals surface area contributed by atoms with Gasteiger partial charge < -0.3 is 15.4 Å². The molecule has 0 fully saturated rings. The number of rotatable bonds is 3. The number of aromatic amines is 1. The lowest BCUT2D eigenvalue weighted by atomic mass is 9.88. The molecule has 3 rings (SSSR count). The second-order valence-corrected chi connectivity index (χ2v) is 8.77. The van der Waals surface area contributed by atoms with Crippen molar-refractivity contribution in [1.29, 1.82) is 0 Å². The SMILES string of the molecule is CC(Nc1nc2c([C@H](C)O)c[nH]c(=O)c2c2cc(Br)ccc12)C(C)(C)C. The highest BCUT2D eigenvalue weighted by Crippen LogP contribution is 2.34. The lowest BCUT2D eigenvalue weighted by Crippen LogP contribution is -2.31. The molecule has 0 aliphatic rings. The van der Waals surface area contributed by atoms with Crippen molar-refractivity contribution in [2.45, 2.75) is 46.8 Å². The molecular formula is C20H24BrN3O2. The third kappa shape index (κ3) is 3.35. The Labute approximate surface area is 161 Å². The van der Waals surface area contributed by atoms with E-state index in [0.717, 1.165) is 21.1 Å². The molecule has 0 aliphatic heterocycles. The zero-order valence-electron chi connectivity index (χ0n) is 15.6. The van der Waals surface area contributed by atoms with E-state index in [9.17, 15) is 9.90 Å². The topological polar surface area (TPSA) is 78.0 Å². The van der Waals surface area contributed by atoms with Crippen LogP contribution in [0.4, 0.5) is 5.82 Å². The van der Waals surface area contributed by atoms with Gasteiger partial charge in [-0.15, -0.1) is 0 Å². The van der Waals surface area contributed by atoms with Crippen molar-refractivity contribution < 1.29 is 5.11 Å². The third-order valence-electron chi connectivity index (χ3n) is 4.93. The van der Waals surface area contributed by atoms with Gasteiger partial charge in [0.15, 0.2) is 0 Å². The van der Waals surface area contributed by atoms with E-state index in [0.29, 0.717) is 16.5 Å². The highest BCUT2D eigenvalue weighted by atomic mass is 79.9. The molecule has 5 nitrogen and oxygen atoms in total. The highest BCUT2D eigenvalue weighted by Gasteiger charge is 2.23. The molecule has 26 heavy (non-hydrogen) atoms. The van der Waals surface area contributed by atoms with Gasteiger partial charge in [-0.05, 0) is 37.5 Å². The summed E-state index contributed by atoms with van der Waals surface area (Å²) in [7, 11) is 0. The number of aliphatic hydroxyl groups excluding tert-OH is 1. The van der Waals surface area contributed by atoms with E-state index in [1.165, 1.54) is 0 Å². The van der Waals surface area contributed by atoms with Gasteiger partial charge in [0.2, 0.25) is 0 Å². The number of aliphatic hydroxyl groups is 1. The van der Waals surface area contributed by atoms with Crippen LogP contribution in [0.25, 0.3) is 21.7 Å². The minimum atomic E-state index is -0.737. The Kier molecular flexibility index (Phi) is 4.84. The van der Waals surface area contributed by atoms with Crippen LogP contribution in [0.1, 0.15) is 46.3 Å². The largest absolute Gasteiger partial charge is 0.389 e. The molecule has 138 valence electrons. The Morgan fingerprint density at radius 2 is 1.92 bits per heavy atom. The van der Waals surface area contributed by atoms with Gasteiger partial charge >= 0.3 is 0 Å². The fraction of sp³-hybridized carbons (Fsp3) is 0.400. The number of benzene rings is 1. The Morgan fingerprint density at radius 1 is 1.23 bits per heavy atom. The molecule has 0 aliphatic carbocycles. The monoisotopic (exact) mass is 417 g/mol. The van der Waals surface area contributed by atoms with Gasteiger partial charge in [-0.2, -0.15) is 0 Å². The first kappa shape index (κ1) is 18.9. The van der Waals surface area contributed by atoms with Crippen LogP contribution in [0.5, 0.6) is 0 Å². The summed E-state index contributed by atoms with van der Waals surface area (Å²) in [5.74, 6) is 0.718. The molecule has 6 heteroatoms. The van der Waals surface area contributed by atoms with Crippen LogP contribution in [-0.4, -0.2) is 21.1 Å². The lowest BCUT2D eigenvalue weighted by molar-refractivity contribution is 0.200. The summed E-state index contributed by atoms with van der Waals surface area (Å²) >= 11 is 3.49. The van der Waals surface area contributed by atoms with E-state index < -0.39 is 6.10 Å². The Balaban J connectivity index is 2.40. The second kappa shape index (κ2) is 6.67. The number of H-pyrrole nitrogens is 1. The minimum Gasteiger partial charge on any atom is -0.389 e. The smallest absolute Gasteiger partial charge is 0.258 e. The molecule has 0 spiro atoms. The molecule has 0 saturated carbocycles. The van der Waals surface area contributed by atoms with E-state index in [1.807, 2.05) is 18.2 Å². The van der Waals surface area contributed by atoms with Gasteiger partial charge in [-0.25, -0.2) is 4.98 Å². The molecule has 0 saturated heterocycles. The van der Waals surface area contributed by atoms with E-state index in [4.69, 9.17) is 4.98 Å². The highest BCUT2D eigenvalue weighted by molar-refractivity contribution is 9.10. The number of nitrogens with zero attached hydrogens (tertiary/aromatic N) is 1. The number of fused-ring (bicyclic) bond motifs is 3. The van der Waals surface area contributed by atoms with Gasteiger partial charge in [-0.1, -0.05) is 36.7 Å². The first-order chi connectivity index (χ1) is 12.1. The van der Waals surface area contributed by atoms with Crippen LogP contribution in [-0.2, 0) is 0 Å². The Hall–Kier alpha value is -1.92. The van der Waals surface area contributed by atoms with Crippen LogP contribution in [0.15, 0.2) is 33.7 Å². The average Bonchev–Trinajstić information content (AvgIpc) is 2.53. The fourth-order valence-corrected chi connectivity index (χ4v) is 3.22. The van der Waals surface area contributed by atoms with Crippen molar-refractivity contribution >= 4 is 43.4 Å². The summed E-state index contributed by atoms with van der Waals surface area (Å²) in [6.07, 6.45) is 0.808. The van der Waals surface area contributed by atoms with Crippen LogP contribution in [0.2, 0.25) is 0 Å². The van der Waals surface area contributed by atoms with Gasteiger partial charge in [0.05, 0.1) is 17.0 Å². The zero-order chi connectivity index (χ0) is 19.2. The Morgan fingerprint density at radius 3 is 2.54 bits per heavy atom. The maximum absolute atomic E-state index is 12.6. The zero-order valence-corrected chi connectivity index (χ0v) is 17.2. The average molecular weight is 418 g/mol. The maximum atomic E-state index is 12.6. The minimum absolute atomic E-state index is 0.0413. The summed E-state index contributed by atoms with van der Waals surface area (Å²) in [5, 5.41) is 15.8. The van der Waals surface area contributed by atoms with Gasteiger partial charge in [0, 0.05) is 33.0 Å². The standard InChI is InChI=1S/C20H24BrN3O2/c1-10(25)15-9-22-19(26)16-14-8-12(21)6-7-13(14)18(24-17(15)16)23-11(2)20(3,4)5/h6-11,25H,1-5H3,(H,22,26)(H,23,24)/t10-,11?/m0/s1. The van der Waals surface area contributed by atoms with Gasteiger partial charge in [-0.3, -0.25) is 4.79 Å². The van der Waals surface area contributed by atoms with Crippen LogP contribution < -0.4 is 10.9 Å². The van der Waals surface area contributed by atoms with Crippen LogP contribution >= 0.6 is 15.9 Å². The predicted molar refractivity (Wildman–Crippen MR) is 111 cm³/mol. The lowest BCUT2D eigenvalue weighted by Gasteiger charge is -2.29. The first-order valence-corrected chi connectivity index (χ1v) is 9.48. The van der Waals surface area contributed by atoms with E-state index in [1.54, 1.807) is 13.1 Å². The third-order valence-corrected chi connectivity index (χ3v) is 5.42. The quantitative estimate of drug-likeness (QED) is 0.537. The molecule has 2 heterocycles. The summed E-state index contributed by atoms with van der Waals surface area (Å²) in [5.41, 5.74) is 0.959. The number of hydrogen-bond acceptors (Lipinski definition) is 4. The van der Waals surface area contributed by atoms with Crippen molar-refractivity contribution in [3.8, 4) is 0 Å². The summed E-state index contributed by atoms with van der Waals surface area (Å²) in [6, 6.07) is 5.98. The van der Waals surface area contributed by atoms with Crippen molar-refractivity contribution in [3.05, 3.63) is 44.8 Å². The second-order valence-electron chi connectivity index (χ2n) is 7.86. The number of halogens is 1. The molecule has 0 radical (unpaired) electrons. The molecule has 2 aromatic heterocycles. The van der Waals surface area contributed by atoms with Crippen molar-refractivity contribution in [2.75, 3.05) is 5.32 Å². The maximum Gasteiger partial charge on any atom is 0.258 e. The first-order valence-electron chi connectivity index (χ1n) is 8.68. The molecular weight excluding hydrogens is 394 g/mol. The molecule has 0 amide bonds. The van der Waals surface area contributed by atoms with E-state index >= 15 is 0 Å². The molecule has 1 unspecified atom stereocenters. The fourth-order valence-electron chi connectivity index (χ4n) is 2.86. The van der Waals surface area contributed by atoms with Gasteiger partial charge in [0.1, 0.15) is 5.82 Å². The molecule has 0 bridgehead atoms. The van der Waals surface area contributed by atoms with Crippen LogP contribution in [0, 0.1) is 5.41 Å². The van der Waals surface area contributed by atoms with Crippen LogP contribution in [0.3, 0.4) is 0 Å². The summed E-state index contributed by atoms with van der Waals surface area (Å²) in [6.45, 7) is 10.3. The summed E-state index contributed by atoms with van der Waals surface area (Å²) in [4.78, 5) is 20.0. The van der Waals surface area contributed by atoms with Crippen molar-refractivity contribution in [1.82, 2.24) is 9.97 Å². The number of aromatic nitrogens is 2. The van der Waals surface area contributed by atoms with Gasteiger partial charge in [0.25, 0.3) is 5.56 Å². The van der Waals surface area contributed by atoms with E-state index in [-0.39, 0.29) is 17.0 Å². The van der Waals surface area contributed by atoms with Crippen molar-refractivity contribution in [3.63, 3.8) is 0 Å². The Bertz CT molecular complexity index is 1040. The number of anilines is 1. The number of pyridine rings is 2.